The molecule has 0 bridgehead atoms. The number of hydrogen-bond donors (Lipinski definition) is 0. The molecule has 1 amide bonds. The van der Waals surface area contributed by atoms with Gasteiger partial charge in [0.1, 0.15) is 0 Å². The van der Waals surface area contributed by atoms with Crippen LogP contribution in [0.2, 0.25) is 5.02 Å². The van der Waals surface area contributed by atoms with Crippen LogP contribution in [0.25, 0.3) is 0 Å². The van der Waals surface area contributed by atoms with Crippen molar-refractivity contribution in [3.8, 4) is 0 Å². The molecule has 1 heterocycles. The van der Waals surface area contributed by atoms with Gasteiger partial charge in [-0.3, -0.25) is 4.79 Å². The minimum atomic E-state index is 0.207. The molecule has 2 aromatic carbocycles. The first-order valence-corrected chi connectivity index (χ1v) is 8.35. The number of hydrogen-bond acceptors (Lipinski definition) is 2. The summed E-state index contributed by atoms with van der Waals surface area (Å²) in [6.45, 7) is 5.19. The minimum Gasteiger partial charge on any atom is -0.367 e. The van der Waals surface area contributed by atoms with Gasteiger partial charge in [-0.25, -0.2) is 0 Å². The van der Waals surface area contributed by atoms with E-state index < -0.39 is 0 Å². The molecule has 1 aliphatic heterocycles. The summed E-state index contributed by atoms with van der Waals surface area (Å²) in [5, 5.41) is 0.771. The van der Waals surface area contributed by atoms with Gasteiger partial charge < -0.3 is 9.80 Å². The first kappa shape index (κ1) is 15.9. The van der Waals surface area contributed by atoms with Crippen LogP contribution < -0.4 is 4.90 Å². The molecule has 120 valence electrons. The summed E-state index contributed by atoms with van der Waals surface area (Å²) in [4.78, 5) is 16.7. The van der Waals surface area contributed by atoms with Crippen LogP contribution in [-0.4, -0.2) is 37.0 Å². The molecule has 0 atom stereocenters. The molecule has 1 aliphatic rings. The van der Waals surface area contributed by atoms with Crippen LogP contribution in [0.3, 0.4) is 0 Å². The highest BCUT2D eigenvalue weighted by Crippen LogP contribution is 2.26. The van der Waals surface area contributed by atoms with E-state index in [0.29, 0.717) is 6.42 Å². The van der Waals surface area contributed by atoms with E-state index >= 15 is 0 Å². The fourth-order valence-electron chi connectivity index (χ4n) is 2.99. The summed E-state index contributed by atoms with van der Waals surface area (Å²) >= 11 is 6.26. The molecule has 0 aliphatic carbocycles. The predicted molar refractivity (Wildman–Crippen MR) is 95.1 cm³/mol. The van der Waals surface area contributed by atoms with Crippen molar-refractivity contribution in [3.05, 3.63) is 64.7 Å². The number of carbonyl (C=O) groups is 1. The number of carbonyl (C=O) groups excluding carboxylic acids is 1. The molecule has 1 fully saturated rings. The molecule has 0 unspecified atom stereocenters. The van der Waals surface area contributed by atoms with E-state index in [1.807, 2.05) is 47.4 Å². The molecule has 0 aromatic heterocycles. The van der Waals surface area contributed by atoms with Gasteiger partial charge in [0.2, 0.25) is 5.91 Å². The van der Waals surface area contributed by atoms with Crippen LogP contribution in [0.5, 0.6) is 0 Å². The number of amides is 1. The van der Waals surface area contributed by atoms with Crippen molar-refractivity contribution >= 4 is 23.2 Å². The smallest absolute Gasteiger partial charge is 0.227 e. The van der Waals surface area contributed by atoms with E-state index in [-0.39, 0.29) is 5.91 Å². The third-order valence-corrected chi connectivity index (χ3v) is 4.75. The van der Waals surface area contributed by atoms with Crippen molar-refractivity contribution in [2.75, 3.05) is 31.1 Å². The Labute approximate surface area is 142 Å². The Bertz CT molecular complexity index is 693. The Hall–Kier alpha value is -2.00. The molecule has 0 saturated carbocycles. The van der Waals surface area contributed by atoms with E-state index in [2.05, 4.69) is 17.9 Å². The molecule has 23 heavy (non-hydrogen) atoms. The molecule has 3 rings (SSSR count). The topological polar surface area (TPSA) is 23.6 Å². The lowest BCUT2D eigenvalue weighted by Gasteiger charge is -2.36. The highest BCUT2D eigenvalue weighted by molar-refractivity contribution is 6.33. The maximum Gasteiger partial charge on any atom is 0.227 e. The van der Waals surface area contributed by atoms with Gasteiger partial charge in [-0.2, -0.15) is 0 Å². The lowest BCUT2D eigenvalue weighted by Crippen LogP contribution is -2.49. The molecule has 0 N–H and O–H groups in total. The monoisotopic (exact) mass is 328 g/mol. The van der Waals surface area contributed by atoms with E-state index in [0.717, 1.165) is 42.5 Å². The number of rotatable bonds is 3. The zero-order valence-electron chi connectivity index (χ0n) is 13.3. The average molecular weight is 329 g/mol. The number of benzene rings is 2. The van der Waals surface area contributed by atoms with Gasteiger partial charge in [0, 0.05) is 26.2 Å². The molecule has 3 nitrogen and oxygen atoms in total. The Morgan fingerprint density at radius 1 is 1.00 bits per heavy atom. The molecule has 0 radical (unpaired) electrons. The van der Waals surface area contributed by atoms with Crippen molar-refractivity contribution in [1.29, 1.82) is 0 Å². The Morgan fingerprint density at radius 3 is 2.35 bits per heavy atom. The van der Waals surface area contributed by atoms with Crippen molar-refractivity contribution in [3.63, 3.8) is 0 Å². The van der Waals surface area contributed by atoms with Crippen LogP contribution >= 0.6 is 11.6 Å². The highest BCUT2D eigenvalue weighted by atomic mass is 35.5. The molecular weight excluding hydrogens is 308 g/mol. The second-order valence-electron chi connectivity index (χ2n) is 5.92. The first-order valence-electron chi connectivity index (χ1n) is 7.97. The van der Waals surface area contributed by atoms with Crippen molar-refractivity contribution in [1.82, 2.24) is 4.90 Å². The van der Waals surface area contributed by atoms with Crippen molar-refractivity contribution < 1.29 is 4.79 Å². The quantitative estimate of drug-likeness (QED) is 0.860. The third-order valence-electron chi connectivity index (χ3n) is 4.43. The van der Waals surface area contributed by atoms with Gasteiger partial charge in [0.15, 0.2) is 0 Å². The summed E-state index contributed by atoms with van der Waals surface area (Å²) in [7, 11) is 0. The maximum absolute atomic E-state index is 12.5. The van der Waals surface area contributed by atoms with Crippen LogP contribution in [0.4, 0.5) is 5.69 Å². The zero-order chi connectivity index (χ0) is 16.2. The van der Waals surface area contributed by atoms with E-state index in [9.17, 15) is 4.79 Å². The fourth-order valence-corrected chi connectivity index (χ4v) is 3.24. The third kappa shape index (κ3) is 3.67. The summed E-state index contributed by atoms with van der Waals surface area (Å²) in [5.74, 6) is 0.207. The van der Waals surface area contributed by atoms with Crippen LogP contribution in [0.15, 0.2) is 48.5 Å². The normalized spacial score (nSPS) is 14.9. The lowest BCUT2D eigenvalue weighted by molar-refractivity contribution is -0.130. The van der Waals surface area contributed by atoms with Crippen LogP contribution in [0.1, 0.15) is 11.1 Å². The Balaban J connectivity index is 1.60. The minimum absolute atomic E-state index is 0.207. The van der Waals surface area contributed by atoms with E-state index in [1.165, 1.54) is 5.56 Å². The van der Waals surface area contributed by atoms with Crippen LogP contribution in [0, 0.1) is 6.92 Å². The fraction of sp³-hybridized carbons (Fsp3) is 0.316. The van der Waals surface area contributed by atoms with Crippen LogP contribution in [-0.2, 0) is 11.2 Å². The summed E-state index contributed by atoms with van der Waals surface area (Å²) in [6.07, 6.45) is 0.485. The number of nitrogens with zero attached hydrogens (tertiary/aromatic N) is 2. The van der Waals surface area contributed by atoms with Crippen molar-refractivity contribution in [2.24, 2.45) is 0 Å². The standard InChI is InChI=1S/C19H21ClN2O/c1-15-6-2-3-7-16(15)14-19(23)22-12-10-21(11-13-22)18-9-5-4-8-17(18)20/h2-9H,10-14H2,1H3. The largest absolute Gasteiger partial charge is 0.367 e. The number of aryl methyl sites for hydroxylation is 1. The van der Waals surface area contributed by atoms with Gasteiger partial charge >= 0.3 is 0 Å². The second kappa shape index (κ2) is 7.05. The Morgan fingerprint density at radius 2 is 1.65 bits per heavy atom. The summed E-state index contributed by atoms with van der Waals surface area (Å²) < 4.78 is 0. The van der Waals surface area contributed by atoms with Gasteiger partial charge in [0.05, 0.1) is 17.1 Å². The average Bonchev–Trinajstić information content (AvgIpc) is 2.57. The molecular formula is C19H21ClN2O. The van der Waals surface area contributed by atoms with Gasteiger partial charge in [-0.1, -0.05) is 48.0 Å². The van der Waals surface area contributed by atoms with Gasteiger partial charge in [-0.15, -0.1) is 0 Å². The zero-order valence-corrected chi connectivity index (χ0v) is 14.1. The molecule has 4 heteroatoms. The highest BCUT2D eigenvalue weighted by Gasteiger charge is 2.22. The molecule has 0 spiro atoms. The molecule has 2 aromatic rings. The van der Waals surface area contributed by atoms with Gasteiger partial charge in [-0.05, 0) is 30.2 Å². The number of para-hydroxylation sites is 1. The number of halogens is 1. The first-order chi connectivity index (χ1) is 11.1. The van der Waals surface area contributed by atoms with E-state index in [4.69, 9.17) is 11.6 Å². The SMILES string of the molecule is Cc1ccccc1CC(=O)N1CCN(c2ccccc2Cl)CC1. The number of piperazine rings is 1. The number of anilines is 1. The second-order valence-corrected chi connectivity index (χ2v) is 6.33. The van der Waals surface area contributed by atoms with E-state index in [1.54, 1.807) is 0 Å². The lowest BCUT2D eigenvalue weighted by atomic mass is 10.1. The predicted octanol–water partition coefficient (Wildman–Crippen LogP) is 3.54. The van der Waals surface area contributed by atoms with Crippen molar-refractivity contribution in [2.45, 2.75) is 13.3 Å². The van der Waals surface area contributed by atoms with Gasteiger partial charge in [0.25, 0.3) is 0 Å². The molecule has 1 saturated heterocycles. The summed E-state index contributed by atoms with van der Waals surface area (Å²) in [5.41, 5.74) is 3.35. The summed E-state index contributed by atoms with van der Waals surface area (Å²) in [6, 6.07) is 16.0. The Kier molecular flexibility index (Phi) is 4.87. The maximum atomic E-state index is 12.5.